The van der Waals surface area contributed by atoms with E-state index in [9.17, 15) is 35.5 Å². The summed E-state index contributed by atoms with van der Waals surface area (Å²) in [5.74, 6) is -3.48. The second kappa shape index (κ2) is 9.14. The first-order valence-corrected chi connectivity index (χ1v) is 9.87. The fraction of sp³-hybridized carbons (Fsp3) is 0.100. The van der Waals surface area contributed by atoms with Gasteiger partial charge in [0.15, 0.2) is 17.3 Å². The highest BCUT2D eigenvalue weighted by molar-refractivity contribution is 6.33. The standard InChI is InChI=1S/C20H9ClF7N7O/c21-14-5-9(22)1-2-11(14)16-29-8-12(15(34-16)20(26,27)28)18(36)33-10-6-13(19(23,24)25)17(30-7-10)35-31-3-4-32-35/h1-8H,(H,33,36). The van der Waals surface area contributed by atoms with Crippen LogP contribution in [-0.2, 0) is 12.4 Å². The van der Waals surface area contributed by atoms with E-state index in [-0.39, 0.29) is 10.6 Å². The zero-order valence-electron chi connectivity index (χ0n) is 17.2. The molecule has 0 aliphatic rings. The van der Waals surface area contributed by atoms with E-state index in [0.717, 1.165) is 36.8 Å². The first-order valence-electron chi connectivity index (χ1n) is 9.49. The predicted molar refractivity (Wildman–Crippen MR) is 110 cm³/mol. The molecule has 3 aromatic heterocycles. The lowest BCUT2D eigenvalue weighted by Crippen LogP contribution is -2.22. The quantitative estimate of drug-likeness (QED) is 0.363. The number of nitrogens with one attached hydrogen (secondary N) is 1. The monoisotopic (exact) mass is 531 g/mol. The summed E-state index contributed by atoms with van der Waals surface area (Å²) in [5.41, 5.74) is -4.84. The van der Waals surface area contributed by atoms with E-state index in [2.05, 4.69) is 25.1 Å². The molecule has 0 atom stereocenters. The number of hydrogen-bond acceptors (Lipinski definition) is 6. The third-order valence-electron chi connectivity index (χ3n) is 4.51. The van der Waals surface area contributed by atoms with E-state index in [0.29, 0.717) is 17.1 Å². The maximum Gasteiger partial charge on any atom is 0.434 e. The van der Waals surface area contributed by atoms with Crippen LogP contribution in [0.1, 0.15) is 21.6 Å². The number of carbonyl (C=O) groups is 1. The maximum atomic E-state index is 13.7. The zero-order valence-corrected chi connectivity index (χ0v) is 18.0. The van der Waals surface area contributed by atoms with Gasteiger partial charge in [0, 0.05) is 11.8 Å². The van der Waals surface area contributed by atoms with Gasteiger partial charge in [-0.15, -0.1) is 4.80 Å². The number of hydrogen-bond donors (Lipinski definition) is 1. The van der Waals surface area contributed by atoms with Crippen LogP contribution in [0.2, 0.25) is 5.02 Å². The van der Waals surface area contributed by atoms with Crippen molar-refractivity contribution in [3.05, 3.63) is 76.7 Å². The lowest BCUT2D eigenvalue weighted by molar-refractivity contribution is -0.141. The van der Waals surface area contributed by atoms with E-state index in [1.165, 1.54) is 0 Å². The second-order valence-electron chi connectivity index (χ2n) is 6.94. The number of halogens is 8. The van der Waals surface area contributed by atoms with Crippen molar-refractivity contribution in [3.63, 3.8) is 0 Å². The van der Waals surface area contributed by atoms with Gasteiger partial charge >= 0.3 is 12.4 Å². The largest absolute Gasteiger partial charge is 0.434 e. The molecular formula is C20H9ClF7N7O. The van der Waals surface area contributed by atoms with Crippen molar-refractivity contribution in [1.82, 2.24) is 29.9 Å². The van der Waals surface area contributed by atoms with Crippen molar-refractivity contribution in [2.24, 2.45) is 0 Å². The van der Waals surface area contributed by atoms with Crippen molar-refractivity contribution in [3.8, 4) is 17.2 Å². The number of benzene rings is 1. The van der Waals surface area contributed by atoms with E-state index in [1.807, 2.05) is 5.32 Å². The van der Waals surface area contributed by atoms with Gasteiger partial charge in [0.1, 0.15) is 11.4 Å². The van der Waals surface area contributed by atoms with E-state index in [1.54, 1.807) is 0 Å². The normalized spacial score (nSPS) is 12.0. The second-order valence-corrected chi connectivity index (χ2v) is 7.35. The van der Waals surface area contributed by atoms with Crippen LogP contribution in [0.3, 0.4) is 0 Å². The number of rotatable bonds is 4. The average Bonchev–Trinajstić information content (AvgIpc) is 3.32. The van der Waals surface area contributed by atoms with Gasteiger partial charge in [-0.05, 0) is 24.3 Å². The number of amides is 1. The summed E-state index contributed by atoms with van der Waals surface area (Å²) in [4.78, 5) is 23.8. The summed E-state index contributed by atoms with van der Waals surface area (Å²) in [5, 5.41) is 8.78. The lowest BCUT2D eigenvalue weighted by atomic mass is 10.1. The molecule has 4 aromatic rings. The molecule has 0 aliphatic heterocycles. The van der Waals surface area contributed by atoms with Gasteiger partial charge in [-0.1, -0.05) is 11.6 Å². The Balaban J connectivity index is 1.71. The van der Waals surface area contributed by atoms with Crippen LogP contribution in [0.4, 0.5) is 36.4 Å². The van der Waals surface area contributed by atoms with Gasteiger partial charge in [0.25, 0.3) is 5.91 Å². The molecule has 0 spiro atoms. The minimum atomic E-state index is -5.16. The molecule has 3 heterocycles. The van der Waals surface area contributed by atoms with Crippen LogP contribution in [-0.4, -0.2) is 35.9 Å². The van der Waals surface area contributed by atoms with Gasteiger partial charge in [0.2, 0.25) is 0 Å². The Hall–Kier alpha value is -4.14. The van der Waals surface area contributed by atoms with Gasteiger partial charge in [-0.3, -0.25) is 4.79 Å². The molecule has 36 heavy (non-hydrogen) atoms. The first kappa shape index (κ1) is 25.0. The van der Waals surface area contributed by atoms with Crippen LogP contribution in [0.15, 0.2) is 49.1 Å². The first-order chi connectivity index (χ1) is 16.8. The molecule has 0 fully saturated rings. The summed E-state index contributed by atoms with van der Waals surface area (Å²) in [6, 6.07) is 3.27. The molecule has 1 amide bonds. The number of nitrogens with zero attached hydrogens (tertiary/aromatic N) is 6. The number of pyridine rings is 1. The Morgan fingerprint density at radius 1 is 0.944 bits per heavy atom. The number of anilines is 1. The van der Waals surface area contributed by atoms with E-state index in [4.69, 9.17) is 11.6 Å². The highest BCUT2D eigenvalue weighted by atomic mass is 35.5. The molecule has 186 valence electrons. The average molecular weight is 532 g/mol. The molecule has 0 aliphatic carbocycles. The molecule has 0 radical (unpaired) electrons. The topological polar surface area (TPSA) is 98.5 Å². The predicted octanol–water partition coefficient (Wildman–Crippen LogP) is 5.20. The van der Waals surface area contributed by atoms with E-state index < -0.39 is 58.2 Å². The molecule has 4 rings (SSSR count). The van der Waals surface area contributed by atoms with Crippen LogP contribution in [0, 0.1) is 5.82 Å². The SMILES string of the molecule is O=C(Nc1cnc(-n2nccn2)c(C(F)(F)F)c1)c1cnc(-c2ccc(F)cc2Cl)nc1C(F)(F)F. The van der Waals surface area contributed by atoms with Gasteiger partial charge in [-0.2, -0.15) is 36.5 Å². The molecule has 1 aromatic carbocycles. The summed E-state index contributed by atoms with van der Waals surface area (Å²) < 4.78 is 95.0. The third kappa shape index (κ3) is 5.10. The summed E-state index contributed by atoms with van der Waals surface area (Å²) in [7, 11) is 0. The minimum Gasteiger partial charge on any atom is -0.320 e. The van der Waals surface area contributed by atoms with Crippen molar-refractivity contribution >= 4 is 23.2 Å². The smallest absolute Gasteiger partial charge is 0.320 e. The zero-order chi connectivity index (χ0) is 26.3. The maximum absolute atomic E-state index is 13.7. The molecule has 0 bridgehead atoms. The fourth-order valence-corrected chi connectivity index (χ4v) is 3.23. The molecule has 0 unspecified atom stereocenters. The molecule has 0 saturated carbocycles. The van der Waals surface area contributed by atoms with Crippen LogP contribution in [0.5, 0.6) is 0 Å². The van der Waals surface area contributed by atoms with Crippen molar-refractivity contribution in [2.75, 3.05) is 5.32 Å². The molecule has 16 heteroatoms. The van der Waals surface area contributed by atoms with Crippen molar-refractivity contribution in [2.45, 2.75) is 12.4 Å². The number of carbonyl (C=O) groups excluding carboxylic acids is 1. The molecular weight excluding hydrogens is 523 g/mol. The number of aromatic nitrogens is 6. The fourth-order valence-electron chi connectivity index (χ4n) is 2.98. The molecule has 1 N–H and O–H groups in total. The summed E-state index contributed by atoms with van der Waals surface area (Å²) in [6.07, 6.45) is -6.60. The van der Waals surface area contributed by atoms with E-state index >= 15 is 0 Å². The Bertz CT molecular complexity index is 1440. The lowest BCUT2D eigenvalue weighted by Gasteiger charge is -2.15. The summed E-state index contributed by atoms with van der Waals surface area (Å²) in [6.45, 7) is 0. The summed E-state index contributed by atoms with van der Waals surface area (Å²) >= 11 is 5.85. The Morgan fingerprint density at radius 2 is 1.64 bits per heavy atom. The van der Waals surface area contributed by atoms with Crippen LogP contribution >= 0.6 is 11.6 Å². The molecule has 8 nitrogen and oxygen atoms in total. The van der Waals surface area contributed by atoms with Crippen LogP contribution < -0.4 is 5.32 Å². The Kier molecular flexibility index (Phi) is 6.34. The van der Waals surface area contributed by atoms with Gasteiger partial charge in [0.05, 0.1) is 34.9 Å². The Labute approximate surface area is 200 Å². The highest BCUT2D eigenvalue weighted by Gasteiger charge is 2.39. The third-order valence-corrected chi connectivity index (χ3v) is 4.82. The van der Waals surface area contributed by atoms with Crippen LogP contribution in [0.25, 0.3) is 17.2 Å². The highest BCUT2D eigenvalue weighted by Crippen LogP contribution is 2.36. The molecule has 0 saturated heterocycles. The van der Waals surface area contributed by atoms with Crippen molar-refractivity contribution < 1.29 is 35.5 Å². The van der Waals surface area contributed by atoms with Gasteiger partial charge in [-0.25, -0.2) is 19.3 Å². The minimum absolute atomic E-state index is 0.141. The Morgan fingerprint density at radius 3 is 2.25 bits per heavy atom. The number of alkyl halides is 6. The van der Waals surface area contributed by atoms with Crippen molar-refractivity contribution in [1.29, 1.82) is 0 Å². The van der Waals surface area contributed by atoms with Gasteiger partial charge < -0.3 is 5.32 Å².